The van der Waals surface area contributed by atoms with Gasteiger partial charge in [-0.3, -0.25) is 4.79 Å². The van der Waals surface area contributed by atoms with Crippen LogP contribution in [0.4, 0.5) is 0 Å². The number of fused-ring (bicyclic) bond motifs is 2. The van der Waals surface area contributed by atoms with Crippen LogP contribution in [0.3, 0.4) is 0 Å². The van der Waals surface area contributed by atoms with E-state index in [2.05, 4.69) is 31.1 Å². The number of aromatic nitrogens is 2. The monoisotopic (exact) mass is 441 g/mol. The zero-order chi connectivity index (χ0) is 22.2. The number of halogens is 1. The fourth-order valence-corrected chi connectivity index (χ4v) is 3.79. The molecule has 5 nitrogen and oxygen atoms in total. The van der Waals surface area contributed by atoms with Gasteiger partial charge >= 0.3 is 0 Å². The molecule has 0 saturated heterocycles. The summed E-state index contributed by atoms with van der Waals surface area (Å²) in [5.74, 6) is 1.22. The Hall–Kier alpha value is -3.70. The van der Waals surface area contributed by atoms with Crippen molar-refractivity contribution >= 4 is 39.7 Å². The van der Waals surface area contributed by atoms with Gasteiger partial charge in [0.05, 0.1) is 17.1 Å². The lowest BCUT2D eigenvalue weighted by Crippen LogP contribution is -2.20. The second-order valence-electron chi connectivity index (χ2n) is 7.93. The van der Waals surface area contributed by atoms with Crippen molar-refractivity contribution in [1.82, 2.24) is 9.66 Å². The molecule has 0 aliphatic rings. The molecule has 3 aromatic carbocycles. The molecule has 5 rings (SSSR count). The number of para-hydroxylation sites is 1. The molecule has 2 heterocycles. The van der Waals surface area contributed by atoms with Crippen molar-refractivity contribution in [3.63, 3.8) is 0 Å². The van der Waals surface area contributed by atoms with Gasteiger partial charge in [0, 0.05) is 10.4 Å². The van der Waals surface area contributed by atoms with E-state index >= 15 is 0 Å². The molecule has 0 atom stereocenters. The zero-order valence-electron chi connectivity index (χ0n) is 17.6. The average Bonchev–Trinajstić information content (AvgIpc) is 3.21. The molecule has 0 aliphatic heterocycles. The second-order valence-corrected chi connectivity index (χ2v) is 8.36. The summed E-state index contributed by atoms with van der Waals surface area (Å²) in [7, 11) is 0. The molecule has 158 valence electrons. The Morgan fingerprint density at radius 2 is 1.81 bits per heavy atom. The summed E-state index contributed by atoms with van der Waals surface area (Å²) in [6.45, 7) is 4.30. The third-order valence-corrected chi connectivity index (χ3v) is 5.61. The van der Waals surface area contributed by atoms with Crippen LogP contribution in [0.5, 0.6) is 0 Å². The fourth-order valence-electron chi connectivity index (χ4n) is 3.61. The summed E-state index contributed by atoms with van der Waals surface area (Å²) >= 11 is 6.12. The SMILES string of the molecule is CC(C)c1ccc(C=Nn2c(-c3cc4cc(Cl)ccc4o3)nc3ccccc3c2=O)cc1. The van der Waals surface area contributed by atoms with Crippen molar-refractivity contribution in [2.45, 2.75) is 19.8 Å². The predicted molar refractivity (Wildman–Crippen MR) is 130 cm³/mol. The first-order valence-electron chi connectivity index (χ1n) is 10.4. The highest BCUT2D eigenvalue weighted by atomic mass is 35.5. The van der Waals surface area contributed by atoms with Gasteiger partial charge in [-0.25, -0.2) is 4.98 Å². The van der Waals surface area contributed by atoms with Crippen molar-refractivity contribution in [2.24, 2.45) is 5.10 Å². The smallest absolute Gasteiger partial charge is 0.282 e. The van der Waals surface area contributed by atoms with E-state index in [1.165, 1.54) is 10.2 Å². The number of rotatable bonds is 4. The van der Waals surface area contributed by atoms with Crippen LogP contribution in [0.25, 0.3) is 33.5 Å². The summed E-state index contributed by atoms with van der Waals surface area (Å²) in [4.78, 5) is 18.0. The molecular weight excluding hydrogens is 422 g/mol. The van der Waals surface area contributed by atoms with E-state index in [0.717, 1.165) is 10.9 Å². The third-order valence-electron chi connectivity index (χ3n) is 5.38. The van der Waals surface area contributed by atoms with Crippen molar-refractivity contribution < 1.29 is 4.42 Å². The Kier molecular flexibility index (Phi) is 5.11. The van der Waals surface area contributed by atoms with Crippen LogP contribution in [0, 0.1) is 0 Å². The number of hydrogen-bond donors (Lipinski definition) is 0. The summed E-state index contributed by atoms with van der Waals surface area (Å²) < 4.78 is 7.28. The minimum absolute atomic E-state index is 0.265. The van der Waals surface area contributed by atoms with E-state index in [1.807, 2.05) is 36.4 Å². The van der Waals surface area contributed by atoms with Crippen LogP contribution in [0.15, 0.2) is 87.1 Å². The summed E-state index contributed by atoms with van der Waals surface area (Å²) in [5, 5.41) is 6.42. The number of hydrogen-bond acceptors (Lipinski definition) is 4. The van der Waals surface area contributed by atoms with Gasteiger partial charge in [0.2, 0.25) is 5.82 Å². The molecule has 2 aromatic heterocycles. The Labute approximate surface area is 189 Å². The first kappa shape index (κ1) is 20.2. The Balaban J connectivity index is 1.67. The van der Waals surface area contributed by atoms with Gasteiger partial charge in [-0.2, -0.15) is 9.78 Å². The van der Waals surface area contributed by atoms with Gasteiger partial charge in [-0.05, 0) is 53.4 Å². The van der Waals surface area contributed by atoms with Crippen LogP contribution >= 0.6 is 11.6 Å². The Morgan fingerprint density at radius 1 is 1.03 bits per heavy atom. The molecule has 5 aromatic rings. The van der Waals surface area contributed by atoms with E-state index in [4.69, 9.17) is 21.0 Å². The van der Waals surface area contributed by atoms with Gasteiger partial charge in [0.1, 0.15) is 5.58 Å². The molecule has 0 unspecified atom stereocenters. The number of nitrogens with zero attached hydrogens (tertiary/aromatic N) is 3. The number of benzene rings is 3. The highest BCUT2D eigenvalue weighted by Crippen LogP contribution is 2.29. The molecule has 0 spiro atoms. The first-order valence-corrected chi connectivity index (χ1v) is 10.7. The lowest BCUT2D eigenvalue weighted by Gasteiger charge is -2.07. The van der Waals surface area contributed by atoms with Crippen molar-refractivity contribution in [2.75, 3.05) is 0 Å². The maximum Gasteiger partial charge on any atom is 0.282 e. The lowest BCUT2D eigenvalue weighted by atomic mass is 10.0. The van der Waals surface area contributed by atoms with Crippen LogP contribution < -0.4 is 5.56 Å². The van der Waals surface area contributed by atoms with Crippen LogP contribution in [0.2, 0.25) is 5.02 Å². The van der Waals surface area contributed by atoms with E-state index in [0.29, 0.717) is 39.0 Å². The molecule has 32 heavy (non-hydrogen) atoms. The zero-order valence-corrected chi connectivity index (χ0v) is 18.4. The Bertz CT molecular complexity index is 1530. The Morgan fingerprint density at radius 3 is 2.59 bits per heavy atom. The van der Waals surface area contributed by atoms with Gasteiger partial charge in [0.25, 0.3) is 5.56 Å². The van der Waals surface area contributed by atoms with E-state index < -0.39 is 0 Å². The maximum atomic E-state index is 13.3. The van der Waals surface area contributed by atoms with E-state index in [-0.39, 0.29) is 5.56 Å². The summed E-state index contributed by atoms with van der Waals surface area (Å²) in [6, 6.07) is 22.5. The van der Waals surface area contributed by atoms with Crippen molar-refractivity contribution in [3.05, 3.63) is 99.3 Å². The highest BCUT2D eigenvalue weighted by molar-refractivity contribution is 6.31. The third kappa shape index (κ3) is 3.72. The quantitative estimate of drug-likeness (QED) is 0.300. The molecule has 0 fully saturated rings. The fraction of sp³-hybridized carbons (Fsp3) is 0.115. The first-order chi connectivity index (χ1) is 15.5. The molecule has 0 N–H and O–H groups in total. The molecule has 0 bridgehead atoms. The average molecular weight is 442 g/mol. The maximum absolute atomic E-state index is 13.3. The van der Waals surface area contributed by atoms with E-state index in [1.54, 1.807) is 30.5 Å². The topological polar surface area (TPSA) is 60.4 Å². The lowest BCUT2D eigenvalue weighted by molar-refractivity contribution is 0.616. The van der Waals surface area contributed by atoms with Gasteiger partial charge in [0.15, 0.2) is 5.76 Å². The van der Waals surface area contributed by atoms with Gasteiger partial charge in [-0.15, -0.1) is 0 Å². The molecule has 0 aliphatic carbocycles. The number of furan rings is 1. The molecular formula is C26H20ClN3O2. The minimum Gasteiger partial charge on any atom is -0.453 e. The second kappa shape index (κ2) is 8.09. The standard InChI is InChI=1S/C26H20ClN3O2/c1-16(2)18-9-7-17(8-10-18)15-28-30-25(29-22-6-4-3-5-21(22)26(30)31)24-14-19-13-20(27)11-12-23(19)32-24/h3-16H,1-2H3. The predicted octanol–water partition coefficient (Wildman–Crippen LogP) is 6.47. The molecule has 0 saturated carbocycles. The minimum atomic E-state index is -0.265. The summed E-state index contributed by atoms with van der Waals surface area (Å²) in [6.07, 6.45) is 1.66. The van der Waals surface area contributed by atoms with Gasteiger partial charge in [-0.1, -0.05) is 61.8 Å². The van der Waals surface area contributed by atoms with Crippen LogP contribution in [-0.2, 0) is 0 Å². The molecule has 0 radical (unpaired) electrons. The van der Waals surface area contributed by atoms with E-state index in [9.17, 15) is 4.79 Å². The molecule has 6 heteroatoms. The van der Waals surface area contributed by atoms with Crippen LogP contribution in [-0.4, -0.2) is 15.9 Å². The summed E-state index contributed by atoms with van der Waals surface area (Å²) in [5.41, 5.74) is 3.11. The largest absolute Gasteiger partial charge is 0.453 e. The highest BCUT2D eigenvalue weighted by Gasteiger charge is 2.16. The van der Waals surface area contributed by atoms with Crippen LogP contribution in [0.1, 0.15) is 30.9 Å². The van der Waals surface area contributed by atoms with Gasteiger partial charge < -0.3 is 4.42 Å². The van der Waals surface area contributed by atoms with Crippen molar-refractivity contribution in [3.8, 4) is 11.6 Å². The normalized spacial score (nSPS) is 11.9. The van der Waals surface area contributed by atoms with Crippen molar-refractivity contribution in [1.29, 1.82) is 0 Å². The molecule has 0 amide bonds.